The van der Waals surface area contributed by atoms with Crippen molar-refractivity contribution < 1.29 is 14.3 Å². The number of halogens is 2. The van der Waals surface area contributed by atoms with Gasteiger partial charge in [0.15, 0.2) is 11.5 Å². The van der Waals surface area contributed by atoms with E-state index in [0.29, 0.717) is 22.3 Å². The number of thioether (sulfide) groups is 1. The Morgan fingerprint density at radius 1 is 1.38 bits per heavy atom. The topological polar surface area (TPSA) is 38.8 Å². The summed E-state index contributed by atoms with van der Waals surface area (Å²) in [6.07, 6.45) is 5.27. The lowest BCUT2D eigenvalue weighted by molar-refractivity contribution is -0.115. The summed E-state index contributed by atoms with van der Waals surface area (Å²) in [5.74, 6) is 3.99. The molecule has 1 aliphatic rings. The Labute approximate surface area is 169 Å². The van der Waals surface area contributed by atoms with Gasteiger partial charge in [-0.3, -0.25) is 9.69 Å². The molecular weight excluding hydrogens is 438 g/mol. The number of anilines is 1. The number of rotatable bonds is 5. The second-order valence-corrected chi connectivity index (χ2v) is 7.79. The molecule has 1 atom stereocenters. The number of terminal acetylenes is 1. The van der Waals surface area contributed by atoms with Gasteiger partial charge in [-0.25, -0.2) is 0 Å². The van der Waals surface area contributed by atoms with Gasteiger partial charge in [0.1, 0.15) is 12.0 Å². The van der Waals surface area contributed by atoms with Crippen molar-refractivity contribution in [3.05, 3.63) is 51.5 Å². The molecule has 2 aromatic carbocycles. The highest BCUT2D eigenvalue weighted by atomic mass is 79.9. The smallest absolute Gasteiger partial charge is 0.238 e. The van der Waals surface area contributed by atoms with Gasteiger partial charge in [0.25, 0.3) is 0 Å². The third-order valence-corrected chi connectivity index (χ3v) is 5.86. The van der Waals surface area contributed by atoms with Crippen LogP contribution in [0.25, 0.3) is 0 Å². The van der Waals surface area contributed by atoms with E-state index in [2.05, 4.69) is 21.9 Å². The molecular formula is C19H15BrClNO3S. The van der Waals surface area contributed by atoms with Crippen LogP contribution in [0.3, 0.4) is 0 Å². The quantitative estimate of drug-likeness (QED) is 0.605. The molecule has 0 aromatic heterocycles. The Hall–Kier alpha value is -1.81. The zero-order valence-corrected chi connectivity index (χ0v) is 17.0. The van der Waals surface area contributed by atoms with Gasteiger partial charge in [0.05, 0.1) is 17.3 Å². The van der Waals surface area contributed by atoms with Gasteiger partial charge < -0.3 is 9.47 Å². The van der Waals surface area contributed by atoms with E-state index in [4.69, 9.17) is 27.5 Å². The van der Waals surface area contributed by atoms with Crippen LogP contribution in [0.15, 0.2) is 40.9 Å². The number of nitrogens with zero attached hydrogens (tertiary/aromatic N) is 1. The van der Waals surface area contributed by atoms with Crippen LogP contribution in [0.1, 0.15) is 10.9 Å². The van der Waals surface area contributed by atoms with Crippen molar-refractivity contribution in [3.8, 4) is 23.8 Å². The van der Waals surface area contributed by atoms with Crippen LogP contribution >= 0.6 is 39.3 Å². The number of ether oxygens (including phenoxy) is 2. The highest BCUT2D eigenvalue weighted by Crippen LogP contribution is 2.46. The van der Waals surface area contributed by atoms with Gasteiger partial charge in [-0.1, -0.05) is 17.5 Å². The van der Waals surface area contributed by atoms with Gasteiger partial charge in [0.2, 0.25) is 5.91 Å². The van der Waals surface area contributed by atoms with Crippen LogP contribution in [0.2, 0.25) is 5.02 Å². The number of benzene rings is 2. The largest absolute Gasteiger partial charge is 0.493 e. The molecule has 134 valence electrons. The molecule has 1 saturated heterocycles. The SMILES string of the molecule is C#CCOc1c(Br)cc([C@H]2SCC(=O)N2c2ccc(Cl)cc2)cc1OC. The van der Waals surface area contributed by atoms with E-state index in [-0.39, 0.29) is 17.9 Å². The van der Waals surface area contributed by atoms with Crippen LogP contribution in [-0.4, -0.2) is 25.4 Å². The molecule has 0 saturated carbocycles. The molecule has 1 fully saturated rings. The lowest BCUT2D eigenvalue weighted by Gasteiger charge is -2.25. The van der Waals surface area contributed by atoms with Crippen molar-refractivity contribution in [3.63, 3.8) is 0 Å². The molecule has 7 heteroatoms. The molecule has 0 aliphatic carbocycles. The van der Waals surface area contributed by atoms with Crippen molar-refractivity contribution in [2.75, 3.05) is 24.4 Å². The predicted molar refractivity (Wildman–Crippen MR) is 109 cm³/mol. The van der Waals surface area contributed by atoms with E-state index in [0.717, 1.165) is 15.7 Å². The summed E-state index contributed by atoms with van der Waals surface area (Å²) < 4.78 is 11.7. The Morgan fingerprint density at radius 2 is 2.12 bits per heavy atom. The molecule has 1 amide bonds. The molecule has 1 aliphatic heterocycles. The monoisotopic (exact) mass is 451 g/mol. The number of carbonyl (C=O) groups is 1. The first kappa shape index (κ1) is 19.0. The Kier molecular flexibility index (Phi) is 6.02. The van der Waals surface area contributed by atoms with Crippen LogP contribution < -0.4 is 14.4 Å². The van der Waals surface area contributed by atoms with Crippen molar-refractivity contribution in [1.29, 1.82) is 0 Å². The van der Waals surface area contributed by atoms with Gasteiger partial charge in [-0.05, 0) is 57.9 Å². The van der Waals surface area contributed by atoms with E-state index >= 15 is 0 Å². The highest BCUT2D eigenvalue weighted by Gasteiger charge is 2.35. The highest BCUT2D eigenvalue weighted by molar-refractivity contribution is 9.10. The van der Waals surface area contributed by atoms with Crippen LogP contribution in [0.5, 0.6) is 11.5 Å². The zero-order valence-electron chi connectivity index (χ0n) is 13.9. The Bertz CT molecular complexity index is 866. The third-order valence-electron chi connectivity index (χ3n) is 3.81. The third kappa shape index (κ3) is 3.80. The molecule has 0 radical (unpaired) electrons. The number of amides is 1. The maximum absolute atomic E-state index is 12.5. The lowest BCUT2D eigenvalue weighted by Crippen LogP contribution is -2.27. The van der Waals surface area contributed by atoms with Crippen LogP contribution in [0, 0.1) is 12.3 Å². The minimum absolute atomic E-state index is 0.0464. The molecule has 2 aromatic rings. The molecule has 1 heterocycles. The molecule has 0 spiro atoms. The average Bonchev–Trinajstić information content (AvgIpc) is 3.02. The van der Waals surface area contributed by atoms with E-state index in [1.807, 2.05) is 24.3 Å². The van der Waals surface area contributed by atoms with Gasteiger partial charge in [0, 0.05) is 10.7 Å². The average molecular weight is 453 g/mol. The number of methoxy groups -OCH3 is 1. The predicted octanol–water partition coefficient (Wildman–Crippen LogP) is 4.90. The maximum Gasteiger partial charge on any atom is 0.238 e. The van der Waals surface area contributed by atoms with Gasteiger partial charge in [-0.2, -0.15) is 0 Å². The summed E-state index contributed by atoms with van der Waals surface area (Å²) >= 11 is 11.0. The summed E-state index contributed by atoms with van der Waals surface area (Å²) in [7, 11) is 1.57. The van der Waals surface area contributed by atoms with Gasteiger partial charge >= 0.3 is 0 Å². The standard InChI is InChI=1S/C19H15BrClNO3S/c1-3-8-25-18-15(20)9-12(10-16(18)24-2)19-22(17(23)11-26-19)14-6-4-13(21)5-7-14/h1,4-7,9-10,19H,8,11H2,2H3/t19-/m1/s1. The first-order chi connectivity index (χ1) is 12.5. The second kappa shape index (κ2) is 8.26. The summed E-state index contributed by atoms with van der Waals surface area (Å²) in [5, 5.41) is 0.458. The minimum Gasteiger partial charge on any atom is -0.493 e. The van der Waals surface area contributed by atoms with Crippen molar-refractivity contribution in [2.24, 2.45) is 0 Å². The van der Waals surface area contributed by atoms with Crippen molar-refractivity contribution in [2.45, 2.75) is 5.37 Å². The molecule has 0 unspecified atom stereocenters. The minimum atomic E-state index is -0.171. The van der Waals surface area contributed by atoms with E-state index in [1.165, 1.54) is 0 Å². The summed E-state index contributed by atoms with van der Waals surface area (Å²) in [5.41, 5.74) is 1.73. The summed E-state index contributed by atoms with van der Waals surface area (Å²) in [6.45, 7) is 0.141. The molecule has 0 bridgehead atoms. The fraction of sp³-hybridized carbons (Fsp3) is 0.211. The number of hydrogen-bond donors (Lipinski definition) is 0. The van der Waals surface area contributed by atoms with Crippen LogP contribution in [0.4, 0.5) is 5.69 Å². The Balaban J connectivity index is 1.99. The lowest BCUT2D eigenvalue weighted by atomic mass is 10.1. The van der Waals surface area contributed by atoms with E-state index < -0.39 is 0 Å². The van der Waals surface area contributed by atoms with E-state index in [1.54, 1.807) is 35.9 Å². The van der Waals surface area contributed by atoms with Gasteiger partial charge in [-0.15, -0.1) is 18.2 Å². The normalized spacial score (nSPS) is 16.5. The molecule has 3 rings (SSSR count). The fourth-order valence-corrected chi connectivity index (χ4v) is 4.54. The molecule has 26 heavy (non-hydrogen) atoms. The van der Waals surface area contributed by atoms with Crippen LogP contribution in [-0.2, 0) is 4.79 Å². The zero-order chi connectivity index (χ0) is 18.7. The Morgan fingerprint density at radius 3 is 2.77 bits per heavy atom. The summed E-state index contributed by atoms with van der Waals surface area (Å²) in [6, 6.07) is 11.0. The van der Waals surface area contributed by atoms with E-state index in [9.17, 15) is 4.79 Å². The maximum atomic E-state index is 12.5. The fourth-order valence-electron chi connectivity index (χ4n) is 2.69. The first-order valence-corrected chi connectivity index (χ1v) is 9.90. The number of carbonyl (C=O) groups excluding carboxylic acids is 1. The first-order valence-electron chi connectivity index (χ1n) is 7.68. The molecule has 0 N–H and O–H groups in total. The molecule has 4 nitrogen and oxygen atoms in total. The second-order valence-electron chi connectivity index (χ2n) is 5.43. The summed E-state index contributed by atoms with van der Waals surface area (Å²) in [4.78, 5) is 14.2. The van der Waals surface area contributed by atoms with Crippen molar-refractivity contribution >= 4 is 50.9 Å². The number of hydrogen-bond acceptors (Lipinski definition) is 4. The van der Waals surface area contributed by atoms with Crippen molar-refractivity contribution in [1.82, 2.24) is 0 Å².